The first kappa shape index (κ1) is 16.1. The van der Waals surface area contributed by atoms with Gasteiger partial charge in [-0.05, 0) is 43.3 Å². The van der Waals surface area contributed by atoms with Gasteiger partial charge < -0.3 is 4.74 Å². The number of ether oxygens (including phenoxy) is 1. The maximum Gasteiger partial charge on any atom is 0.239 e. The van der Waals surface area contributed by atoms with Crippen LogP contribution < -0.4 is 9.88 Å². The van der Waals surface area contributed by atoms with E-state index in [4.69, 9.17) is 9.88 Å². The van der Waals surface area contributed by atoms with E-state index in [1.807, 2.05) is 24.3 Å². The minimum atomic E-state index is -3.79. The van der Waals surface area contributed by atoms with Crippen molar-refractivity contribution in [2.75, 3.05) is 7.11 Å². The highest BCUT2D eigenvalue weighted by Gasteiger charge is 2.14. The van der Waals surface area contributed by atoms with Gasteiger partial charge >= 0.3 is 0 Å². The van der Waals surface area contributed by atoms with Gasteiger partial charge in [0.1, 0.15) is 16.5 Å². The molecule has 0 atom stereocenters. The molecule has 24 heavy (non-hydrogen) atoms. The number of methoxy groups -OCH3 is 1. The number of hydrogen-bond acceptors (Lipinski definition) is 6. The van der Waals surface area contributed by atoms with Crippen LogP contribution >= 0.6 is 0 Å². The summed E-state index contributed by atoms with van der Waals surface area (Å²) in [6.45, 7) is 1.77. The average molecular weight is 345 g/mol. The Morgan fingerprint density at radius 1 is 1.12 bits per heavy atom. The smallest absolute Gasteiger partial charge is 0.239 e. The fourth-order valence-corrected chi connectivity index (χ4v) is 2.63. The predicted molar refractivity (Wildman–Crippen MR) is 87.3 cm³/mol. The molecule has 2 aromatic heterocycles. The van der Waals surface area contributed by atoms with Crippen molar-refractivity contribution in [1.82, 2.24) is 19.7 Å². The van der Waals surface area contributed by atoms with Gasteiger partial charge in [0.15, 0.2) is 11.6 Å². The molecule has 3 rings (SSSR count). The minimum Gasteiger partial charge on any atom is -0.497 e. The van der Waals surface area contributed by atoms with Crippen LogP contribution in [0.4, 0.5) is 0 Å². The Hall–Kier alpha value is -2.78. The van der Waals surface area contributed by atoms with Crippen molar-refractivity contribution in [2.24, 2.45) is 5.14 Å². The molecule has 1 aromatic carbocycles. The van der Waals surface area contributed by atoms with Gasteiger partial charge in [-0.2, -0.15) is 4.68 Å². The van der Waals surface area contributed by atoms with Gasteiger partial charge in [-0.25, -0.2) is 23.5 Å². The summed E-state index contributed by atoms with van der Waals surface area (Å²) in [5.74, 6) is 2.33. The Labute approximate surface area is 139 Å². The number of primary sulfonamides is 1. The fourth-order valence-electron chi connectivity index (χ4n) is 2.17. The summed E-state index contributed by atoms with van der Waals surface area (Å²) in [6, 6.07) is 10.3. The number of hydrogen-bond donors (Lipinski definition) is 1. The molecule has 0 saturated carbocycles. The first-order valence-electron chi connectivity index (χ1n) is 6.96. The number of nitrogens with two attached hydrogens (primary N) is 1. The zero-order chi connectivity index (χ0) is 17.3. The molecule has 0 radical (unpaired) electrons. The van der Waals surface area contributed by atoms with Crippen molar-refractivity contribution < 1.29 is 13.2 Å². The van der Waals surface area contributed by atoms with E-state index in [1.165, 1.54) is 18.3 Å². The lowest BCUT2D eigenvalue weighted by Gasteiger charge is -2.06. The van der Waals surface area contributed by atoms with Crippen LogP contribution in [0.15, 0.2) is 47.5 Å². The van der Waals surface area contributed by atoms with Crippen LogP contribution in [0.1, 0.15) is 5.82 Å². The Morgan fingerprint density at radius 3 is 2.38 bits per heavy atom. The lowest BCUT2D eigenvalue weighted by Crippen LogP contribution is -2.13. The summed E-state index contributed by atoms with van der Waals surface area (Å²) in [7, 11) is -2.19. The van der Waals surface area contributed by atoms with E-state index in [1.54, 1.807) is 18.7 Å². The molecule has 0 fully saturated rings. The molecule has 0 spiro atoms. The maximum absolute atomic E-state index is 11.3. The van der Waals surface area contributed by atoms with Crippen molar-refractivity contribution in [3.63, 3.8) is 0 Å². The third-order valence-corrected chi connectivity index (χ3v) is 4.23. The third kappa shape index (κ3) is 3.12. The summed E-state index contributed by atoms with van der Waals surface area (Å²) < 4.78 is 29.3. The van der Waals surface area contributed by atoms with Crippen molar-refractivity contribution in [1.29, 1.82) is 0 Å². The number of rotatable bonds is 4. The molecular weight excluding hydrogens is 330 g/mol. The van der Waals surface area contributed by atoms with Crippen LogP contribution in [0.3, 0.4) is 0 Å². The second-order valence-corrected chi connectivity index (χ2v) is 6.58. The second-order valence-electron chi connectivity index (χ2n) is 5.02. The van der Waals surface area contributed by atoms with Crippen LogP contribution in [-0.4, -0.2) is 35.3 Å². The highest BCUT2D eigenvalue weighted by atomic mass is 32.2. The molecule has 2 N–H and O–H groups in total. The topological polar surface area (TPSA) is 113 Å². The Kier molecular flexibility index (Phi) is 4.04. The lowest BCUT2D eigenvalue weighted by atomic mass is 10.2. The molecule has 0 bridgehead atoms. The van der Waals surface area contributed by atoms with E-state index in [0.717, 1.165) is 11.3 Å². The Bertz CT molecular complexity index is 963. The van der Waals surface area contributed by atoms with Gasteiger partial charge in [0, 0.05) is 11.8 Å². The quantitative estimate of drug-likeness (QED) is 0.762. The van der Waals surface area contributed by atoms with E-state index in [2.05, 4.69) is 15.1 Å². The van der Waals surface area contributed by atoms with Crippen LogP contribution in [0.5, 0.6) is 5.75 Å². The molecule has 2 heterocycles. The third-order valence-electron chi connectivity index (χ3n) is 3.33. The Balaban J connectivity index is 2.05. The molecule has 0 amide bonds. The fraction of sp³-hybridized carbons (Fsp3) is 0.133. The standard InChI is InChI=1S/C15H15N5O3S/c1-10-18-15(11-3-5-12(23-2)6-4-11)20(19-10)14-8-7-13(9-17-14)24(16,21)22/h3-9H,1-2H3,(H2,16,21,22). The summed E-state index contributed by atoms with van der Waals surface area (Å²) in [6.07, 6.45) is 1.19. The number of nitrogens with zero attached hydrogens (tertiary/aromatic N) is 4. The zero-order valence-corrected chi connectivity index (χ0v) is 13.9. The van der Waals surface area contributed by atoms with E-state index >= 15 is 0 Å². The van der Waals surface area contributed by atoms with Gasteiger partial charge in [-0.15, -0.1) is 5.10 Å². The molecular formula is C15H15N5O3S. The van der Waals surface area contributed by atoms with Crippen molar-refractivity contribution in [2.45, 2.75) is 11.8 Å². The van der Waals surface area contributed by atoms with Gasteiger partial charge in [-0.1, -0.05) is 0 Å². The van der Waals surface area contributed by atoms with Gasteiger partial charge in [0.05, 0.1) is 7.11 Å². The Morgan fingerprint density at radius 2 is 1.83 bits per heavy atom. The molecule has 0 unspecified atom stereocenters. The highest BCUT2D eigenvalue weighted by Crippen LogP contribution is 2.23. The summed E-state index contributed by atoms with van der Waals surface area (Å²) in [5.41, 5.74) is 0.828. The average Bonchev–Trinajstić information content (AvgIpc) is 2.96. The predicted octanol–water partition coefficient (Wildman–Crippen LogP) is 1.29. The normalized spacial score (nSPS) is 11.5. The molecule has 0 aliphatic carbocycles. The van der Waals surface area contributed by atoms with Gasteiger partial charge in [0.2, 0.25) is 10.0 Å². The van der Waals surface area contributed by atoms with E-state index in [-0.39, 0.29) is 4.90 Å². The SMILES string of the molecule is COc1ccc(-c2nc(C)nn2-c2ccc(S(N)(=O)=O)cn2)cc1. The van der Waals surface area contributed by atoms with Crippen molar-refractivity contribution in [3.05, 3.63) is 48.4 Å². The summed E-state index contributed by atoms with van der Waals surface area (Å²) in [5, 5.41) is 9.41. The second kappa shape index (κ2) is 6.02. The van der Waals surface area contributed by atoms with E-state index < -0.39 is 10.0 Å². The first-order valence-corrected chi connectivity index (χ1v) is 8.50. The van der Waals surface area contributed by atoms with Gasteiger partial charge in [0.25, 0.3) is 0 Å². The number of aryl methyl sites for hydroxylation is 1. The zero-order valence-electron chi connectivity index (χ0n) is 13.0. The summed E-state index contributed by atoms with van der Waals surface area (Å²) >= 11 is 0. The molecule has 0 saturated heterocycles. The molecule has 124 valence electrons. The lowest BCUT2D eigenvalue weighted by molar-refractivity contribution is 0.415. The largest absolute Gasteiger partial charge is 0.497 e. The van der Waals surface area contributed by atoms with Crippen molar-refractivity contribution >= 4 is 10.0 Å². The highest BCUT2D eigenvalue weighted by molar-refractivity contribution is 7.89. The molecule has 0 aliphatic heterocycles. The minimum absolute atomic E-state index is 0.0610. The van der Waals surface area contributed by atoms with E-state index in [9.17, 15) is 8.42 Å². The maximum atomic E-state index is 11.3. The molecule has 3 aromatic rings. The van der Waals surface area contributed by atoms with Crippen molar-refractivity contribution in [3.8, 4) is 23.0 Å². The van der Waals surface area contributed by atoms with Crippen LogP contribution in [0.25, 0.3) is 17.2 Å². The number of sulfonamides is 1. The van der Waals surface area contributed by atoms with Gasteiger partial charge in [-0.3, -0.25) is 0 Å². The van der Waals surface area contributed by atoms with Crippen LogP contribution in [0.2, 0.25) is 0 Å². The van der Waals surface area contributed by atoms with Crippen LogP contribution in [0, 0.1) is 6.92 Å². The molecule has 9 heteroatoms. The monoisotopic (exact) mass is 345 g/mol. The van der Waals surface area contributed by atoms with E-state index in [0.29, 0.717) is 17.5 Å². The van der Waals surface area contributed by atoms with Crippen LogP contribution in [-0.2, 0) is 10.0 Å². The molecule has 0 aliphatic rings. The molecule has 8 nitrogen and oxygen atoms in total. The first-order chi connectivity index (χ1) is 11.4. The number of pyridine rings is 1. The summed E-state index contributed by atoms with van der Waals surface area (Å²) in [4.78, 5) is 8.48. The number of benzene rings is 1. The number of aromatic nitrogens is 4.